The zero-order chi connectivity index (χ0) is 13.6. The van der Waals surface area contributed by atoms with Gasteiger partial charge in [-0.3, -0.25) is 4.57 Å². The number of aromatic amines is 1. The second-order valence-corrected chi connectivity index (χ2v) is 4.97. The minimum Gasteiger partial charge on any atom is -0.329 e. The predicted molar refractivity (Wildman–Crippen MR) is 75.7 cm³/mol. The summed E-state index contributed by atoms with van der Waals surface area (Å²) < 4.78 is 15.8. The monoisotopic (exact) mass is 273 g/mol. The summed E-state index contributed by atoms with van der Waals surface area (Å²) in [7, 11) is 0. The molecule has 0 spiro atoms. The van der Waals surface area contributed by atoms with Gasteiger partial charge in [0.25, 0.3) is 0 Å². The number of hydrogen-bond donors (Lipinski definition) is 1. The minimum absolute atomic E-state index is 0.279. The van der Waals surface area contributed by atoms with Gasteiger partial charge in [0.15, 0.2) is 10.4 Å². The maximum Gasteiger partial charge on any atom is 0.184 e. The van der Waals surface area contributed by atoms with E-state index in [1.807, 2.05) is 26.0 Å². The van der Waals surface area contributed by atoms with Gasteiger partial charge < -0.3 is 4.98 Å². The smallest absolute Gasteiger partial charge is 0.184 e. The molecule has 3 aromatic rings. The molecule has 1 N–H and O–H groups in total. The van der Waals surface area contributed by atoms with Gasteiger partial charge in [0.05, 0.1) is 11.2 Å². The lowest BCUT2D eigenvalue weighted by atomic mass is 10.2. The van der Waals surface area contributed by atoms with Crippen molar-refractivity contribution < 1.29 is 4.39 Å². The van der Waals surface area contributed by atoms with E-state index in [0.29, 0.717) is 10.5 Å². The van der Waals surface area contributed by atoms with E-state index in [4.69, 9.17) is 12.2 Å². The van der Waals surface area contributed by atoms with Crippen LogP contribution < -0.4 is 0 Å². The molecule has 3 nitrogen and oxygen atoms in total. The van der Waals surface area contributed by atoms with E-state index in [1.165, 1.54) is 12.1 Å². The van der Waals surface area contributed by atoms with E-state index in [-0.39, 0.29) is 5.82 Å². The number of hydrogen-bond acceptors (Lipinski definition) is 2. The topological polar surface area (TPSA) is 33.6 Å². The SMILES string of the molecule is Cc1cc(F)cc(-n2c(=S)[nH]c3c(C)ccnc32)c1. The summed E-state index contributed by atoms with van der Waals surface area (Å²) in [5, 5.41) is 0. The first-order valence-electron chi connectivity index (χ1n) is 5.90. The standard InChI is InChI=1S/C14H12FN3S/c1-8-5-10(15)7-11(6-8)18-13-12(17-14(18)19)9(2)3-4-16-13/h3-7H,1-2H3,(H,17,19). The summed E-state index contributed by atoms with van der Waals surface area (Å²) in [5.74, 6) is -0.279. The lowest BCUT2D eigenvalue weighted by Gasteiger charge is -2.05. The van der Waals surface area contributed by atoms with Crippen molar-refractivity contribution in [1.82, 2.24) is 14.5 Å². The molecule has 1 aromatic carbocycles. The average Bonchev–Trinajstić information content (AvgIpc) is 2.65. The molecule has 0 aliphatic carbocycles. The normalized spacial score (nSPS) is 11.1. The highest BCUT2D eigenvalue weighted by Crippen LogP contribution is 2.21. The summed E-state index contributed by atoms with van der Waals surface area (Å²) in [6.45, 7) is 3.83. The summed E-state index contributed by atoms with van der Waals surface area (Å²) in [6, 6.07) is 6.74. The molecule has 5 heteroatoms. The molecule has 0 amide bonds. The number of rotatable bonds is 1. The number of fused-ring (bicyclic) bond motifs is 1. The molecule has 19 heavy (non-hydrogen) atoms. The molecule has 0 radical (unpaired) electrons. The van der Waals surface area contributed by atoms with E-state index in [9.17, 15) is 4.39 Å². The summed E-state index contributed by atoms with van der Waals surface area (Å²) in [6.07, 6.45) is 1.73. The van der Waals surface area contributed by atoms with Gasteiger partial charge in [0.2, 0.25) is 0 Å². The molecule has 2 heterocycles. The molecule has 3 rings (SSSR count). The highest BCUT2D eigenvalue weighted by molar-refractivity contribution is 7.71. The fraction of sp³-hybridized carbons (Fsp3) is 0.143. The lowest BCUT2D eigenvalue weighted by molar-refractivity contribution is 0.625. The number of aromatic nitrogens is 3. The van der Waals surface area contributed by atoms with Crippen LogP contribution in [0.15, 0.2) is 30.5 Å². The highest BCUT2D eigenvalue weighted by atomic mass is 32.1. The Labute approximate surface area is 114 Å². The molecule has 0 fully saturated rings. The van der Waals surface area contributed by atoms with Crippen LogP contribution in [0.2, 0.25) is 0 Å². The van der Waals surface area contributed by atoms with Crippen molar-refractivity contribution in [2.45, 2.75) is 13.8 Å². The average molecular weight is 273 g/mol. The molecule has 0 atom stereocenters. The summed E-state index contributed by atoms with van der Waals surface area (Å²) in [5.41, 5.74) is 4.19. The number of H-pyrrole nitrogens is 1. The number of imidazole rings is 1. The second-order valence-electron chi connectivity index (χ2n) is 4.58. The van der Waals surface area contributed by atoms with Crippen LogP contribution in [-0.2, 0) is 0 Å². The van der Waals surface area contributed by atoms with Crippen molar-refractivity contribution in [3.63, 3.8) is 0 Å². The first-order valence-corrected chi connectivity index (χ1v) is 6.31. The molecule has 0 bridgehead atoms. The van der Waals surface area contributed by atoms with Crippen molar-refractivity contribution in [2.75, 3.05) is 0 Å². The Bertz CT molecular complexity index is 812. The molecular weight excluding hydrogens is 261 g/mol. The van der Waals surface area contributed by atoms with Crippen LogP contribution in [0.3, 0.4) is 0 Å². The molecular formula is C14H12FN3S. The number of pyridine rings is 1. The summed E-state index contributed by atoms with van der Waals surface area (Å²) in [4.78, 5) is 7.47. The molecule has 0 saturated carbocycles. The van der Waals surface area contributed by atoms with Gasteiger partial charge in [-0.25, -0.2) is 9.37 Å². The molecule has 96 valence electrons. The molecule has 0 saturated heterocycles. The van der Waals surface area contributed by atoms with E-state index >= 15 is 0 Å². The van der Waals surface area contributed by atoms with Crippen LogP contribution in [0.1, 0.15) is 11.1 Å². The van der Waals surface area contributed by atoms with Crippen LogP contribution in [-0.4, -0.2) is 14.5 Å². The highest BCUT2D eigenvalue weighted by Gasteiger charge is 2.10. The van der Waals surface area contributed by atoms with Crippen LogP contribution in [0.25, 0.3) is 16.9 Å². The third-order valence-corrected chi connectivity index (χ3v) is 3.36. The second kappa shape index (κ2) is 4.28. The predicted octanol–water partition coefficient (Wildman–Crippen LogP) is 3.84. The first kappa shape index (κ1) is 12.0. The van der Waals surface area contributed by atoms with Crippen molar-refractivity contribution in [2.24, 2.45) is 0 Å². The van der Waals surface area contributed by atoms with E-state index in [2.05, 4.69) is 9.97 Å². The number of nitrogens with zero attached hydrogens (tertiary/aromatic N) is 2. The van der Waals surface area contributed by atoms with Crippen LogP contribution in [0.4, 0.5) is 4.39 Å². The van der Waals surface area contributed by atoms with Gasteiger partial charge in [-0.15, -0.1) is 0 Å². The van der Waals surface area contributed by atoms with Gasteiger partial charge in [-0.2, -0.15) is 0 Å². The molecule has 0 aliphatic heterocycles. The Morgan fingerprint density at radius 1 is 1.26 bits per heavy atom. The third-order valence-electron chi connectivity index (χ3n) is 3.07. The quantitative estimate of drug-likeness (QED) is 0.683. The minimum atomic E-state index is -0.279. The molecule has 0 aliphatic rings. The van der Waals surface area contributed by atoms with E-state index < -0.39 is 0 Å². The number of benzene rings is 1. The van der Waals surface area contributed by atoms with E-state index in [0.717, 1.165) is 22.3 Å². The Balaban J connectivity index is 2.39. The molecule has 2 aromatic heterocycles. The number of halogens is 1. The maximum absolute atomic E-state index is 13.6. The van der Waals surface area contributed by atoms with Crippen molar-refractivity contribution in [3.05, 3.63) is 52.2 Å². The largest absolute Gasteiger partial charge is 0.329 e. The fourth-order valence-electron chi connectivity index (χ4n) is 2.21. The van der Waals surface area contributed by atoms with Crippen molar-refractivity contribution in [1.29, 1.82) is 0 Å². The fourth-order valence-corrected chi connectivity index (χ4v) is 2.51. The third kappa shape index (κ3) is 1.96. The van der Waals surface area contributed by atoms with Gasteiger partial charge in [-0.05, 0) is 61.5 Å². The Kier molecular flexibility index (Phi) is 2.71. The van der Waals surface area contributed by atoms with Gasteiger partial charge in [0, 0.05) is 6.20 Å². The Morgan fingerprint density at radius 2 is 2.05 bits per heavy atom. The van der Waals surface area contributed by atoms with Crippen LogP contribution >= 0.6 is 12.2 Å². The van der Waals surface area contributed by atoms with Crippen molar-refractivity contribution >= 4 is 23.4 Å². The van der Waals surface area contributed by atoms with Crippen LogP contribution in [0, 0.1) is 24.4 Å². The summed E-state index contributed by atoms with van der Waals surface area (Å²) >= 11 is 5.33. The number of nitrogens with one attached hydrogen (secondary N) is 1. The van der Waals surface area contributed by atoms with Gasteiger partial charge >= 0.3 is 0 Å². The first-order chi connectivity index (χ1) is 9.06. The number of aryl methyl sites for hydroxylation is 2. The Hall–Kier alpha value is -2.01. The van der Waals surface area contributed by atoms with Crippen molar-refractivity contribution in [3.8, 4) is 5.69 Å². The lowest BCUT2D eigenvalue weighted by Crippen LogP contribution is -1.97. The van der Waals surface area contributed by atoms with Crippen LogP contribution in [0.5, 0.6) is 0 Å². The maximum atomic E-state index is 13.6. The Morgan fingerprint density at radius 3 is 2.79 bits per heavy atom. The van der Waals surface area contributed by atoms with E-state index in [1.54, 1.807) is 10.8 Å². The molecule has 0 unspecified atom stereocenters. The zero-order valence-corrected chi connectivity index (χ0v) is 11.4. The van der Waals surface area contributed by atoms with Gasteiger partial charge in [0.1, 0.15) is 5.82 Å². The van der Waals surface area contributed by atoms with Gasteiger partial charge in [-0.1, -0.05) is 0 Å². The zero-order valence-electron chi connectivity index (χ0n) is 10.6.